The van der Waals surface area contributed by atoms with Crippen LogP contribution in [0.25, 0.3) is 0 Å². The minimum atomic E-state index is 0.121. The molecule has 13 heavy (non-hydrogen) atoms. The average Bonchev–Trinajstić information content (AvgIpc) is 2.18. The van der Waals surface area contributed by atoms with Gasteiger partial charge in [0.1, 0.15) is 18.4 Å². The van der Waals surface area contributed by atoms with Crippen LogP contribution in [0, 0.1) is 22.7 Å². The molecule has 4 heteroatoms. The van der Waals surface area contributed by atoms with Crippen molar-refractivity contribution in [2.75, 3.05) is 5.73 Å². The second-order valence-electron chi connectivity index (χ2n) is 2.37. The summed E-state index contributed by atoms with van der Waals surface area (Å²) in [5.41, 5.74) is 6.18. The summed E-state index contributed by atoms with van der Waals surface area (Å²) in [6.07, 6.45) is 0.571. The monoisotopic (exact) mass is 171 g/mol. The summed E-state index contributed by atoms with van der Waals surface area (Å²) in [5, 5.41) is 17.2. The summed E-state index contributed by atoms with van der Waals surface area (Å²) in [4.78, 5) is 10.4. The molecule has 0 aliphatic rings. The highest BCUT2D eigenvalue weighted by atomic mass is 16.1. The molecule has 0 heterocycles. The van der Waals surface area contributed by atoms with Crippen LogP contribution in [-0.2, 0) is 0 Å². The smallest absolute Gasteiger partial charge is 0.150 e. The zero-order valence-electron chi connectivity index (χ0n) is 6.61. The van der Waals surface area contributed by atoms with Gasteiger partial charge in [-0.05, 0) is 12.1 Å². The van der Waals surface area contributed by atoms with Crippen molar-refractivity contribution in [2.45, 2.75) is 0 Å². The van der Waals surface area contributed by atoms with Gasteiger partial charge in [-0.1, -0.05) is 0 Å². The van der Waals surface area contributed by atoms with Crippen molar-refractivity contribution in [3.63, 3.8) is 0 Å². The normalized spacial score (nSPS) is 8.46. The van der Waals surface area contributed by atoms with Crippen molar-refractivity contribution in [3.8, 4) is 12.1 Å². The fraction of sp³-hybridized carbons (Fsp3) is 0. The fourth-order valence-electron chi connectivity index (χ4n) is 0.929. The van der Waals surface area contributed by atoms with Crippen LogP contribution < -0.4 is 5.73 Å². The molecule has 0 fully saturated rings. The van der Waals surface area contributed by atoms with Crippen LogP contribution in [0.4, 0.5) is 5.69 Å². The fourth-order valence-corrected chi connectivity index (χ4v) is 0.929. The van der Waals surface area contributed by atoms with Gasteiger partial charge in [-0.25, -0.2) is 0 Å². The Morgan fingerprint density at radius 3 is 2.00 bits per heavy atom. The number of nitrogen functional groups attached to an aromatic ring is 1. The maximum absolute atomic E-state index is 10.4. The minimum absolute atomic E-state index is 0.121. The first-order valence-electron chi connectivity index (χ1n) is 3.41. The summed E-state index contributed by atoms with van der Waals surface area (Å²) in [6.45, 7) is 0. The van der Waals surface area contributed by atoms with Crippen molar-refractivity contribution in [2.24, 2.45) is 0 Å². The number of carbonyl (C=O) groups excluding carboxylic acids is 1. The van der Waals surface area contributed by atoms with Gasteiger partial charge < -0.3 is 5.73 Å². The number of nitrogens with zero attached hydrogens (tertiary/aromatic N) is 2. The Kier molecular flexibility index (Phi) is 2.28. The quantitative estimate of drug-likeness (QED) is 0.500. The SMILES string of the molecule is N#Cc1cc(C=O)cc(C#N)c1N. The summed E-state index contributed by atoms with van der Waals surface area (Å²) >= 11 is 0. The molecule has 1 aromatic carbocycles. The van der Waals surface area contributed by atoms with Gasteiger partial charge in [0.25, 0.3) is 0 Å². The minimum Gasteiger partial charge on any atom is -0.397 e. The molecule has 0 saturated heterocycles. The number of anilines is 1. The predicted molar refractivity (Wildman–Crippen MR) is 45.7 cm³/mol. The predicted octanol–water partition coefficient (Wildman–Crippen LogP) is 0.825. The molecule has 0 aliphatic heterocycles. The molecule has 2 N–H and O–H groups in total. The van der Waals surface area contributed by atoms with E-state index in [1.54, 1.807) is 0 Å². The molecule has 1 rings (SSSR count). The maximum atomic E-state index is 10.4. The average molecular weight is 171 g/mol. The molecular weight excluding hydrogens is 166 g/mol. The van der Waals surface area contributed by atoms with E-state index in [2.05, 4.69) is 0 Å². The van der Waals surface area contributed by atoms with Crippen molar-refractivity contribution < 1.29 is 4.79 Å². The van der Waals surface area contributed by atoms with Gasteiger partial charge in [-0.2, -0.15) is 10.5 Å². The molecule has 0 radical (unpaired) electrons. The third-order valence-electron chi connectivity index (χ3n) is 1.58. The van der Waals surface area contributed by atoms with E-state index < -0.39 is 0 Å². The highest BCUT2D eigenvalue weighted by molar-refractivity contribution is 5.80. The van der Waals surface area contributed by atoms with Crippen LogP contribution in [0.15, 0.2) is 12.1 Å². The van der Waals surface area contributed by atoms with Gasteiger partial charge >= 0.3 is 0 Å². The topological polar surface area (TPSA) is 90.7 Å². The van der Waals surface area contributed by atoms with E-state index in [4.69, 9.17) is 16.3 Å². The van der Waals surface area contributed by atoms with Crippen molar-refractivity contribution >= 4 is 12.0 Å². The molecule has 0 unspecified atom stereocenters. The highest BCUT2D eigenvalue weighted by Crippen LogP contribution is 2.17. The first kappa shape index (κ1) is 8.76. The molecule has 0 atom stereocenters. The Hall–Kier alpha value is -2.33. The van der Waals surface area contributed by atoms with Crippen LogP contribution in [0.2, 0.25) is 0 Å². The van der Waals surface area contributed by atoms with E-state index >= 15 is 0 Å². The van der Waals surface area contributed by atoms with Crippen molar-refractivity contribution in [1.82, 2.24) is 0 Å². The molecule has 62 valence electrons. The molecule has 0 spiro atoms. The van der Waals surface area contributed by atoms with Gasteiger partial charge in [0.15, 0.2) is 0 Å². The van der Waals surface area contributed by atoms with Crippen molar-refractivity contribution in [1.29, 1.82) is 10.5 Å². The third-order valence-corrected chi connectivity index (χ3v) is 1.58. The van der Waals surface area contributed by atoms with Gasteiger partial charge in [-0.3, -0.25) is 4.79 Å². The number of nitriles is 2. The van der Waals surface area contributed by atoms with Crippen LogP contribution in [0.5, 0.6) is 0 Å². The van der Waals surface area contributed by atoms with Gasteiger partial charge in [0, 0.05) is 5.56 Å². The molecule has 0 bridgehead atoms. The number of aldehydes is 1. The van der Waals surface area contributed by atoms with Crippen LogP contribution in [0.3, 0.4) is 0 Å². The van der Waals surface area contributed by atoms with E-state index in [-0.39, 0.29) is 22.4 Å². The van der Waals surface area contributed by atoms with E-state index in [1.807, 2.05) is 12.1 Å². The number of nitrogens with two attached hydrogens (primary N) is 1. The van der Waals surface area contributed by atoms with Crippen LogP contribution in [0.1, 0.15) is 21.5 Å². The molecule has 0 aromatic heterocycles. The van der Waals surface area contributed by atoms with Gasteiger partial charge in [0.05, 0.1) is 16.8 Å². The summed E-state index contributed by atoms with van der Waals surface area (Å²) in [6, 6.07) is 6.32. The zero-order chi connectivity index (χ0) is 9.84. The van der Waals surface area contributed by atoms with Gasteiger partial charge in [-0.15, -0.1) is 0 Å². The highest BCUT2D eigenvalue weighted by Gasteiger charge is 2.06. The van der Waals surface area contributed by atoms with Crippen LogP contribution >= 0.6 is 0 Å². The van der Waals surface area contributed by atoms with Crippen molar-refractivity contribution in [3.05, 3.63) is 28.8 Å². The third kappa shape index (κ3) is 1.47. The lowest BCUT2D eigenvalue weighted by atomic mass is 10.1. The van der Waals surface area contributed by atoms with E-state index in [9.17, 15) is 4.79 Å². The molecule has 0 aliphatic carbocycles. The molecular formula is C9H5N3O. The first-order chi connectivity index (χ1) is 6.22. The van der Waals surface area contributed by atoms with E-state index in [0.29, 0.717) is 6.29 Å². The number of benzene rings is 1. The summed E-state index contributed by atoms with van der Waals surface area (Å²) < 4.78 is 0. The summed E-state index contributed by atoms with van der Waals surface area (Å²) in [7, 11) is 0. The largest absolute Gasteiger partial charge is 0.397 e. The zero-order valence-corrected chi connectivity index (χ0v) is 6.61. The standard InChI is InChI=1S/C9H5N3O/c10-3-7-1-6(5-13)2-8(4-11)9(7)12/h1-2,5H,12H2. The number of rotatable bonds is 1. The van der Waals surface area contributed by atoms with Gasteiger partial charge in [0.2, 0.25) is 0 Å². The Labute approximate surface area is 74.8 Å². The number of hydrogen-bond donors (Lipinski definition) is 1. The maximum Gasteiger partial charge on any atom is 0.150 e. The van der Waals surface area contributed by atoms with Crippen LogP contribution in [-0.4, -0.2) is 6.29 Å². The Bertz CT molecular complexity index is 402. The Morgan fingerprint density at radius 2 is 1.69 bits per heavy atom. The molecule has 0 amide bonds. The van der Waals surface area contributed by atoms with E-state index in [1.165, 1.54) is 12.1 Å². The Balaban J connectivity index is 3.50. The number of hydrogen-bond acceptors (Lipinski definition) is 4. The first-order valence-corrected chi connectivity index (χ1v) is 3.41. The molecule has 4 nitrogen and oxygen atoms in total. The lowest BCUT2D eigenvalue weighted by Crippen LogP contribution is -1.96. The Morgan fingerprint density at radius 1 is 1.23 bits per heavy atom. The lowest BCUT2D eigenvalue weighted by molar-refractivity contribution is 0.112. The van der Waals surface area contributed by atoms with E-state index in [0.717, 1.165) is 0 Å². The molecule has 1 aromatic rings. The second kappa shape index (κ2) is 3.38. The second-order valence-corrected chi connectivity index (χ2v) is 2.37. The lowest BCUT2D eigenvalue weighted by Gasteiger charge is -2.00. The number of carbonyl (C=O) groups is 1. The molecule has 0 saturated carbocycles. The summed E-state index contributed by atoms with van der Waals surface area (Å²) in [5.74, 6) is 0.